The number of hydrogen-bond donors (Lipinski definition) is 0. The highest BCUT2D eigenvalue weighted by Gasteiger charge is 2.33. The third kappa shape index (κ3) is 4.67. The van der Waals surface area contributed by atoms with Crippen molar-refractivity contribution in [2.45, 2.75) is 12.8 Å². The number of hydrogen-bond acceptors (Lipinski definition) is 5. The van der Waals surface area contributed by atoms with Crippen LogP contribution in [-0.4, -0.2) is 76.8 Å². The SMILES string of the molecule is O=C(c1ccc(F)cc1)c1ccccc1C(=O)N1CCN(C(=O)CN2C(=O)CCC2=O)CC1. The van der Waals surface area contributed by atoms with Crippen molar-refractivity contribution in [2.24, 2.45) is 0 Å². The van der Waals surface area contributed by atoms with Crippen molar-refractivity contribution in [3.63, 3.8) is 0 Å². The van der Waals surface area contributed by atoms with Crippen LogP contribution >= 0.6 is 0 Å². The molecular formula is C24H22FN3O5. The van der Waals surface area contributed by atoms with Gasteiger partial charge in [-0.15, -0.1) is 0 Å². The highest BCUT2D eigenvalue weighted by atomic mass is 19.1. The van der Waals surface area contributed by atoms with Crippen LogP contribution in [0.5, 0.6) is 0 Å². The van der Waals surface area contributed by atoms with Crippen LogP contribution in [0.3, 0.4) is 0 Å². The molecule has 2 fully saturated rings. The standard InChI is InChI=1S/C24H22FN3O5/c25-17-7-5-16(6-8-17)23(32)18-3-1-2-4-19(18)24(33)27-13-11-26(12-14-27)22(31)15-28-20(29)9-10-21(28)30/h1-8H,9-15H2. The highest BCUT2D eigenvalue weighted by molar-refractivity contribution is 6.15. The predicted octanol–water partition coefficient (Wildman–Crippen LogP) is 1.49. The Labute approximate surface area is 189 Å². The van der Waals surface area contributed by atoms with Crippen molar-refractivity contribution < 1.29 is 28.4 Å². The minimum absolute atomic E-state index is 0.129. The van der Waals surface area contributed by atoms with Crippen molar-refractivity contribution in [1.82, 2.24) is 14.7 Å². The van der Waals surface area contributed by atoms with Crippen molar-refractivity contribution >= 4 is 29.4 Å². The van der Waals surface area contributed by atoms with E-state index in [2.05, 4.69) is 0 Å². The summed E-state index contributed by atoms with van der Waals surface area (Å²) < 4.78 is 13.2. The van der Waals surface area contributed by atoms with Crippen LogP contribution in [0.4, 0.5) is 4.39 Å². The second-order valence-corrected chi connectivity index (χ2v) is 7.93. The molecule has 0 radical (unpaired) electrons. The van der Waals surface area contributed by atoms with Gasteiger partial charge in [0.15, 0.2) is 5.78 Å². The minimum atomic E-state index is -0.457. The van der Waals surface area contributed by atoms with Crippen LogP contribution in [-0.2, 0) is 14.4 Å². The summed E-state index contributed by atoms with van der Waals surface area (Å²) in [6.07, 6.45) is 0.259. The summed E-state index contributed by atoms with van der Waals surface area (Å²) in [6.45, 7) is 0.751. The lowest BCUT2D eigenvalue weighted by molar-refractivity contribution is -0.146. The fourth-order valence-corrected chi connectivity index (χ4v) is 3.99. The van der Waals surface area contributed by atoms with Crippen molar-refractivity contribution in [3.05, 3.63) is 71.0 Å². The van der Waals surface area contributed by atoms with E-state index < -0.39 is 5.82 Å². The molecule has 0 atom stereocenters. The molecule has 2 saturated heterocycles. The molecule has 0 aliphatic carbocycles. The number of piperazine rings is 1. The predicted molar refractivity (Wildman–Crippen MR) is 115 cm³/mol. The molecule has 2 aliphatic rings. The summed E-state index contributed by atoms with van der Waals surface area (Å²) >= 11 is 0. The van der Waals surface area contributed by atoms with E-state index in [1.807, 2.05) is 0 Å². The van der Waals surface area contributed by atoms with Crippen LogP contribution < -0.4 is 0 Å². The van der Waals surface area contributed by atoms with Crippen LogP contribution in [0.2, 0.25) is 0 Å². The molecule has 2 heterocycles. The Hall–Kier alpha value is -3.88. The number of halogens is 1. The lowest BCUT2D eigenvalue weighted by Gasteiger charge is -2.35. The van der Waals surface area contributed by atoms with Crippen molar-refractivity contribution in [3.8, 4) is 0 Å². The van der Waals surface area contributed by atoms with Crippen LogP contribution in [0.1, 0.15) is 39.1 Å². The molecule has 0 saturated carbocycles. The minimum Gasteiger partial charge on any atom is -0.338 e. The summed E-state index contributed by atoms with van der Waals surface area (Å²) in [5.74, 6) is -2.20. The van der Waals surface area contributed by atoms with Gasteiger partial charge in [0, 0.05) is 50.1 Å². The van der Waals surface area contributed by atoms with E-state index >= 15 is 0 Å². The van der Waals surface area contributed by atoms with E-state index in [0.29, 0.717) is 0 Å². The summed E-state index contributed by atoms with van der Waals surface area (Å²) in [5, 5.41) is 0. The Morgan fingerprint density at radius 3 is 1.91 bits per heavy atom. The first kappa shape index (κ1) is 22.3. The second kappa shape index (κ2) is 9.32. The lowest BCUT2D eigenvalue weighted by atomic mass is 9.97. The van der Waals surface area contributed by atoms with Gasteiger partial charge in [-0.05, 0) is 30.3 Å². The average molecular weight is 451 g/mol. The number of amides is 4. The summed E-state index contributed by atoms with van der Waals surface area (Å²) in [5.41, 5.74) is 0.733. The Kier molecular flexibility index (Phi) is 6.30. The normalized spacial score (nSPS) is 16.3. The molecule has 0 aromatic heterocycles. The van der Waals surface area contributed by atoms with Gasteiger partial charge in [0.05, 0.1) is 5.56 Å². The third-order valence-corrected chi connectivity index (χ3v) is 5.88. The zero-order chi connectivity index (χ0) is 23.5. The van der Waals surface area contributed by atoms with E-state index in [4.69, 9.17) is 0 Å². The summed E-state index contributed by atoms with van der Waals surface area (Å²) in [6, 6.07) is 11.6. The van der Waals surface area contributed by atoms with E-state index in [0.717, 1.165) is 4.90 Å². The molecule has 4 rings (SSSR count). The molecule has 0 N–H and O–H groups in total. The van der Waals surface area contributed by atoms with E-state index in [1.165, 1.54) is 29.2 Å². The molecule has 9 heteroatoms. The van der Waals surface area contributed by atoms with Gasteiger partial charge in [0.25, 0.3) is 5.91 Å². The lowest BCUT2D eigenvalue weighted by Crippen LogP contribution is -2.53. The number of carbonyl (C=O) groups excluding carboxylic acids is 5. The number of ketones is 1. The Morgan fingerprint density at radius 1 is 0.758 bits per heavy atom. The molecular weight excluding hydrogens is 429 g/mol. The van der Waals surface area contributed by atoms with Gasteiger partial charge in [-0.25, -0.2) is 4.39 Å². The zero-order valence-corrected chi connectivity index (χ0v) is 17.8. The molecule has 2 aliphatic heterocycles. The van der Waals surface area contributed by atoms with Gasteiger partial charge >= 0.3 is 0 Å². The van der Waals surface area contributed by atoms with Crippen molar-refractivity contribution in [1.29, 1.82) is 0 Å². The van der Waals surface area contributed by atoms with Gasteiger partial charge < -0.3 is 9.80 Å². The average Bonchev–Trinajstić information content (AvgIpc) is 3.15. The smallest absolute Gasteiger partial charge is 0.254 e. The van der Waals surface area contributed by atoms with E-state index in [-0.39, 0.29) is 91.7 Å². The molecule has 33 heavy (non-hydrogen) atoms. The summed E-state index contributed by atoms with van der Waals surface area (Å²) in [4.78, 5) is 66.2. The first-order valence-electron chi connectivity index (χ1n) is 10.6. The Balaban J connectivity index is 1.41. The van der Waals surface area contributed by atoms with Gasteiger partial charge in [-0.1, -0.05) is 18.2 Å². The molecule has 8 nitrogen and oxygen atoms in total. The van der Waals surface area contributed by atoms with Crippen LogP contribution in [0.25, 0.3) is 0 Å². The monoisotopic (exact) mass is 451 g/mol. The molecule has 0 unspecified atom stereocenters. The molecule has 4 amide bonds. The van der Waals surface area contributed by atoms with Crippen LogP contribution in [0, 0.1) is 5.82 Å². The van der Waals surface area contributed by atoms with Crippen LogP contribution in [0.15, 0.2) is 48.5 Å². The first-order chi connectivity index (χ1) is 15.8. The van der Waals surface area contributed by atoms with Crippen molar-refractivity contribution in [2.75, 3.05) is 32.7 Å². The van der Waals surface area contributed by atoms with Gasteiger partial charge in [-0.2, -0.15) is 0 Å². The number of imide groups is 1. The Morgan fingerprint density at radius 2 is 1.30 bits per heavy atom. The maximum absolute atomic E-state index is 13.2. The topological polar surface area (TPSA) is 95.1 Å². The molecule has 0 bridgehead atoms. The molecule has 170 valence electrons. The van der Waals surface area contributed by atoms with E-state index in [1.54, 1.807) is 29.2 Å². The highest BCUT2D eigenvalue weighted by Crippen LogP contribution is 2.19. The fourth-order valence-electron chi connectivity index (χ4n) is 3.99. The van der Waals surface area contributed by atoms with Gasteiger partial charge in [0.2, 0.25) is 17.7 Å². The van der Waals surface area contributed by atoms with E-state index in [9.17, 15) is 28.4 Å². The molecule has 2 aromatic rings. The summed E-state index contributed by atoms with van der Waals surface area (Å²) in [7, 11) is 0. The number of benzene rings is 2. The first-order valence-corrected chi connectivity index (χ1v) is 10.6. The largest absolute Gasteiger partial charge is 0.338 e. The fraction of sp³-hybridized carbons (Fsp3) is 0.292. The number of likely N-dealkylation sites (tertiary alicyclic amines) is 1. The number of rotatable bonds is 5. The number of nitrogens with zero attached hydrogens (tertiary/aromatic N) is 3. The number of carbonyl (C=O) groups is 5. The van der Waals surface area contributed by atoms with Gasteiger partial charge in [-0.3, -0.25) is 28.9 Å². The zero-order valence-electron chi connectivity index (χ0n) is 17.8. The second-order valence-electron chi connectivity index (χ2n) is 7.93. The molecule has 0 spiro atoms. The quantitative estimate of drug-likeness (QED) is 0.507. The van der Waals surface area contributed by atoms with Gasteiger partial charge in [0.1, 0.15) is 12.4 Å². The third-order valence-electron chi connectivity index (χ3n) is 5.88. The maximum atomic E-state index is 13.2. The maximum Gasteiger partial charge on any atom is 0.254 e. The Bertz CT molecular complexity index is 1110. The molecule has 2 aromatic carbocycles.